The van der Waals surface area contributed by atoms with Crippen molar-refractivity contribution in [3.05, 3.63) is 44.2 Å². The highest BCUT2D eigenvalue weighted by atomic mass is 79.9. The number of anilines is 1. The Bertz CT molecular complexity index is 974. The molecule has 6 nitrogen and oxygen atoms in total. The number of carbonyl (C=O) groups excluding carboxylic acids is 2. The van der Waals surface area contributed by atoms with Gasteiger partial charge >= 0.3 is 5.97 Å². The van der Waals surface area contributed by atoms with Gasteiger partial charge in [-0.3, -0.25) is 10.1 Å². The molecule has 1 aliphatic carbocycles. The number of esters is 1. The summed E-state index contributed by atoms with van der Waals surface area (Å²) in [6.07, 6.45) is 4.82. The number of halogens is 1. The summed E-state index contributed by atoms with van der Waals surface area (Å²) < 4.78 is 11.3. The van der Waals surface area contributed by atoms with Crippen molar-refractivity contribution in [1.29, 1.82) is 0 Å². The molecule has 0 spiro atoms. The van der Waals surface area contributed by atoms with Gasteiger partial charge in [0.1, 0.15) is 10.8 Å². The van der Waals surface area contributed by atoms with Gasteiger partial charge in [-0.1, -0.05) is 6.92 Å². The Hall–Kier alpha value is -1.97. The van der Waals surface area contributed by atoms with Gasteiger partial charge in [0.05, 0.1) is 23.8 Å². The molecule has 0 saturated carbocycles. The molecule has 1 aliphatic rings. The predicted octanol–water partition coefficient (Wildman–Crippen LogP) is 5.09. The Balaban J connectivity index is 1.71. The van der Waals surface area contributed by atoms with Crippen LogP contribution in [0.5, 0.6) is 5.75 Å². The molecule has 0 radical (unpaired) electrons. The van der Waals surface area contributed by atoms with Crippen LogP contribution in [-0.2, 0) is 17.6 Å². The van der Waals surface area contributed by atoms with Crippen molar-refractivity contribution < 1.29 is 19.1 Å². The molecule has 1 amide bonds. The Morgan fingerprint density at radius 1 is 1.27 bits per heavy atom. The number of amides is 1. The number of hydrogen-bond donors (Lipinski definition) is 2. The molecule has 2 N–H and O–H groups in total. The molecule has 0 unspecified atom stereocenters. The van der Waals surface area contributed by atoms with Crippen LogP contribution in [0, 0.1) is 0 Å². The van der Waals surface area contributed by atoms with Crippen molar-refractivity contribution in [2.24, 2.45) is 0 Å². The Morgan fingerprint density at radius 3 is 2.73 bits per heavy atom. The number of thiophene rings is 1. The van der Waals surface area contributed by atoms with E-state index in [2.05, 4.69) is 26.6 Å². The topological polar surface area (TPSA) is 76.7 Å². The van der Waals surface area contributed by atoms with Crippen LogP contribution in [0.15, 0.2) is 22.7 Å². The third-order valence-corrected chi connectivity index (χ3v) is 6.70. The Kier molecular flexibility index (Phi) is 7.85. The molecule has 0 saturated heterocycles. The number of thiocarbonyl (C=S) groups is 1. The minimum Gasteiger partial charge on any atom is -0.492 e. The normalized spacial score (nSPS) is 12.6. The zero-order chi connectivity index (χ0) is 21.7. The van der Waals surface area contributed by atoms with Crippen molar-refractivity contribution in [1.82, 2.24) is 5.32 Å². The van der Waals surface area contributed by atoms with E-state index in [0.717, 1.165) is 37.7 Å². The van der Waals surface area contributed by atoms with Crippen molar-refractivity contribution in [2.75, 3.05) is 19.0 Å². The molecule has 0 bridgehead atoms. The fourth-order valence-corrected chi connectivity index (χ4v) is 5.29. The maximum absolute atomic E-state index is 12.6. The first-order valence-corrected chi connectivity index (χ1v) is 11.7. The zero-order valence-electron chi connectivity index (χ0n) is 16.8. The van der Waals surface area contributed by atoms with Crippen LogP contribution in [0.3, 0.4) is 0 Å². The molecule has 0 atom stereocenters. The fourth-order valence-electron chi connectivity index (χ4n) is 3.25. The van der Waals surface area contributed by atoms with Crippen LogP contribution in [-0.4, -0.2) is 30.7 Å². The van der Waals surface area contributed by atoms with Crippen molar-refractivity contribution >= 4 is 61.5 Å². The first kappa shape index (κ1) is 22.7. The van der Waals surface area contributed by atoms with Gasteiger partial charge in [0.25, 0.3) is 5.91 Å². The second kappa shape index (κ2) is 10.4. The zero-order valence-corrected chi connectivity index (χ0v) is 20.0. The van der Waals surface area contributed by atoms with E-state index in [0.29, 0.717) is 33.0 Å². The summed E-state index contributed by atoms with van der Waals surface area (Å²) in [6.45, 7) is 2.63. The first-order chi connectivity index (χ1) is 14.4. The van der Waals surface area contributed by atoms with E-state index >= 15 is 0 Å². The fraction of sp³-hybridized carbons (Fsp3) is 0.381. The monoisotopic (exact) mass is 510 g/mol. The summed E-state index contributed by atoms with van der Waals surface area (Å²) in [5.41, 5.74) is 1.99. The summed E-state index contributed by atoms with van der Waals surface area (Å²) in [7, 11) is 1.37. The van der Waals surface area contributed by atoms with E-state index in [-0.39, 0.29) is 11.0 Å². The van der Waals surface area contributed by atoms with Gasteiger partial charge in [0, 0.05) is 10.4 Å². The molecule has 1 heterocycles. The molecular weight excluding hydrogens is 488 g/mol. The lowest BCUT2D eigenvalue weighted by Gasteiger charge is -2.12. The lowest BCUT2D eigenvalue weighted by atomic mass is 9.95. The van der Waals surface area contributed by atoms with Crippen LogP contribution < -0.4 is 15.4 Å². The van der Waals surface area contributed by atoms with Crippen LogP contribution >= 0.6 is 39.5 Å². The number of hydrogen-bond acceptors (Lipinski definition) is 6. The number of fused-ring (bicyclic) bond motifs is 1. The van der Waals surface area contributed by atoms with Gasteiger partial charge in [0.2, 0.25) is 0 Å². The van der Waals surface area contributed by atoms with Crippen LogP contribution in [0.1, 0.15) is 57.3 Å². The number of aryl methyl sites for hydroxylation is 1. The van der Waals surface area contributed by atoms with E-state index < -0.39 is 5.97 Å². The first-order valence-electron chi connectivity index (χ1n) is 9.72. The minimum absolute atomic E-state index is 0.131. The number of nitrogens with one attached hydrogen (secondary N) is 2. The van der Waals surface area contributed by atoms with E-state index in [9.17, 15) is 9.59 Å². The second-order valence-electron chi connectivity index (χ2n) is 6.81. The van der Waals surface area contributed by atoms with Crippen molar-refractivity contribution in [3.63, 3.8) is 0 Å². The molecule has 1 aromatic carbocycles. The molecule has 0 fully saturated rings. The summed E-state index contributed by atoms with van der Waals surface area (Å²) in [4.78, 5) is 26.1. The average Bonchev–Trinajstić information content (AvgIpc) is 3.09. The van der Waals surface area contributed by atoms with Gasteiger partial charge in [-0.25, -0.2) is 4.79 Å². The highest BCUT2D eigenvalue weighted by molar-refractivity contribution is 9.10. The predicted molar refractivity (Wildman–Crippen MR) is 126 cm³/mol. The summed E-state index contributed by atoms with van der Waals surface area (Å²) in [6, 6.07) is 5.11. The summed E-state index contributed by atoms with van der Waals surface area (Å²) in [5.74, 6) is -0.0604. The van der Waals surface area contributed by atoms with Gasteiger partial charge < -0.3 is 14.8 Å². The second-order valence-corrected chi connectivity index (χ2v) is 9.18. The average molecular weight is 511 g/mol. The van der Waals surface area contributed by atoms with Crippen LogP contribution in [0.4, 0.5) is 5.00 Å². The molecule has 160 valence electrons. The van der Waals surface area contributed by atoms with Crippen LogP contribution in [0.2, 0.25) is 0 Å². The quantitative estimate of drug-likeness (QED) is 0.416. The number of rotatable bonds is 6. The Morgan fingerprint density at radius 2 is 2.03 bits per heavy atom. The highest BCUT2D eigenvalue weighted by Crippen LogP contribution is 2.38. The largest absolute Gasteiger partial charge is 0.492 e. The lowest BCUT2D eigenvalue weighted by Crippen LogP contribution is -2.34. The van der Waals surface area contributed by atoms with Gasteiger partial charge in [-0.05, 0) is 84.0 Å². The SMILES string of the molecule is CCCOc1ccc(C(=O)NC(=S)Nc2sc3c(c2C(=O)OC)CCCC3)cc1Br. The number of ether oxygens (including phenoxy) is 2. The maximum Gasteiger partial charge on any atom is 0.341 e. The van der Waals surface area contributed by atoms with Gasteiger partial charge in [-0.15, -0.1) is 11.3 Å². The smallest absolute Gasteiger partial charge is 0.341 e. The number of benzene rings is 1. The Labute approximate surface area is 193 Å². The third kappa shape index (κ3) is 5.19. The number of carbonyl (C=O) groups is 2. The molecule has 9 heteroatoms. The molecule has 1 aromatic heterocycles. The minimum atomic E-state index is -0.391. The maximum atomic E-state index is 12.6. The van der Waals surface area contributed by atoms with Crippen molar-refractivity contribution in [3.8, 4) is 5.75 Å². The molecular formula is C21H23BrN2O4S2. The van der Waals surface area contributed by atoms with E-state index in [4.69, 9.17) is 21.7 Å². The summed E-state index contributed by atoms with van der Waals surface area (Å²) in [5, 5.41) is 6.44. The van der Waals surface area contributed by atoms with E-state index in [1.165, 1.54) is 23.3 Å². The third-order valence-electron chi connectivity index (χ3n) is 4.67. The molecule has 0 aliphatic heterocycles. The van der Waals surface area contributed by atoms with E-state index in [1.54, 1.807) is 18.2 Å². The molecule has 2 aromatic rings. The van der Waals surface area contributed by atoms with E-state index in [1.807, 2.05) is 6.92 Å². The summed E-state index contributed by atoms with van der Waals surface area (Å²) >= 11 is 10.2. The molecule has 30 heavy (non-hydrogen) atoms. The highest BCUT2D eigenvalue weighted by Gasteiger charge is 2.26. The number of methoxy groups -OCH3 is 1. The molecule has 3 rings (SSSR count). The van der Waals surface area contributed by atoms with Crippen molar-refractivity contribution in [2.45, 2.75) is 39.0 Å². The van der Waals surface area contributed by atoms with Gasteiger partial charge in [0.15, 0.2) is 5.11 Å². The van der Waals surface area contributed by atoms with Crippen LogP contribution in [0.25, 0.3) is 0 Å². The standard InChI is InChI=1S/C21H23BrN2O4S2/c1-3-10-28-15-9-8-12(11-14(15)22)18(25)23-21(29)24-19-17(20(26)27-2)13-6-4-5-7-16(13)30-19/h8-9,11H,3-7,10H2,1-2H3,(H2,23,24,25,29). The lowest BCUT2D eigenvalue weighted by molar-refractivity contribution is 0.0601. The van der Waals surface area contributed by atoms with Gasteiger partial charge in [-0.2, -0.15) is 0 Å².